The standard InChI is InChI=1S/C23H35N5O2/c1-18(2)14-27-15-22(23(16-27)8-9-26(3)21(23)30)6-10-28(11-7-22)20(29)5-4-19-12-24-17-25-13-19/h12-13,17-18H,4-11,14-16H2,1-3H3. The number of aryl methyl sites for hydroxylation is 1. The highest BCUT2D eigenvalue weighted by atomic mass is 16.2. The maximum absolute atomic E-state index is 13.3. The molecule has 2 amide bonds. The molecule has 0 saturated carbocycles. The maximum atomic E-state index is 13.3. The molecule has 2 spiro atoms. The lowest BCUT2D eigenvalue weighted by Crippen LogP contribution is -2.53. The first-order valence-corrected chi connectivity index (χ1v) is 11.3. The Bertz CT molecular complexity index is 775. The molecule has 4 rings (SSSR count). The summed E-state index contributed by atoms with van der Waals surface area (Å²) in [5.74, 6) is 1.13. The first-order valence-electron chi connectivity index (χ1n) is 11.3. The van der Waals surface area contributed by atoms with Crippen LogP contribution in [-0.4, -0.2) is 82.8 Å². The van der Waals surface area contributed by atoms with Crippen LogP contribution in [0.5, 0.6) is 0 Å². The van der Waals surface area contributed by atoms with E-state index in [-0.39, 0.29) is 16.7 Å². The minimum Gasteiger partial charge on any atom is -0.345 e. The van der Waals surface area contributed by atoms with E-state index in [0.717, 1.165) is 64.1 Å². The maximum Gasteiger partial charge on any atom is 0.230 e. The van der Waals surface area contributed by atoms with Crippen molar-refractivity contribution in [2.45, 2.75) is 46.0 Å². The van der Waals surface area contributed by atoms with E-state index < -0.39 is 0 Å². The number of carbonyl (C=O) groups is 2. The lowest BCUT2D eigenvalue weighted by Gasteiger charge is -2.47. The van der Waals surface area contributed by atoms with Gasteiger partial charge in [-0.05, 0) is 37.2 Å². The molecular formula is C23H35N5O2. The number of amides is 2. The molecule has 0 aromatic carbocycles. The fourth-order valence-electron chi connectivity index (χ4n) is 6.09. The topological polar surface area (TPSA) is 69.6 Å². The summed E-state index contributed by atoms with van der Waals surface area (Å²) in [6.07, 6.45) is 9.06. The van der Waals surface area contributed by atoms with E-state index in [9.17, 15) is 9.59 Å². The van der Waals surface area contributed by atoms with Crippen molar-refractivity contribution in [1.82, 2.24) is 24.7 Å². The fraction of sp³-hybridized carbons (Fsp3) is 0.739. The molecule has 30 heavy (non-hydrogen) atoms. The molecule has 0 N–H and O–H groups in total. The van der Waals surface area contributed by atoms with Crippen molar-refractivity contribution in [2.24, 2.45) is 16.7 Å². The monoisotopic (exact) mass is 413 g/mol. The molecule has 3 aliphatic heterocycles. The van der Waals surface area contributed by atoms with E-state index in [1.165, 1.54) is 6.33 Å². The van der Waals surface area contributed by atoms with Crippen LogP contribution in [0.15, 0.2) is 18.7 Å². The Hall–Kier alpha value is -2.02. The van der Waals surface area contributed by atoms with E-state index in [0.29, 0.717) is 24.7 Å². The first kappa shape index (κ1) is 21.2. The molecule has 3 fully saturated rings. The van der Waals surface area contributed by atoms with Gasteiger partial charge in [-0.3, -0.25) is 9.59 Å². The summed E-state index contributed by atoms with van der Waals surface area (Å²) >= 11 is 0. The Balaban J connectivity index is 1.43. The third-order valence-corrected chi connectivity index (χ3v) is 7.60. The van der Waals surface area contributed by atoms with Crippen LogP contribution in [-0.2, 0) is 16.0 Å². The van der Waals surface area contributed by atoms with Gasteiger partial charge in [-0.15, -0.1) is 0 Å². The van der Waals surface area contributed by atoms with E-state index in [2.05, 4.69) is 28.7 Å². The molecule has 0 bridgehead atoms. The van der Waals surface area contributed by atoms with Crippen LogP contribution in [0.1, 0.15) is 45.1 Å². The summed E-state index contributed by atoms with van der Waals surface area (Å²) in [5, 5.41) is 0. The number of likely N-dealkylation sites (tertiary alicyclic amines) is 3. The van der Waals surface area contributed by atoms with Gasteiger partial charge in [0.2, 0.25) is 11.8 Å². The van der Waals surface area contributed by atoms with Crippen LogP contribution >= 0.6 is 0 Å². The summed E-state index contributed by atoms with van der Waals surface area (Å²) in [6.45, 7) is 9.81. The third kappa shape index (κ3) is 3.72. The number of hydrogen-bond donors (Lipinski definition) is 0. The van der Waals surface area contributed by atoms with Crippen LogP contribution in [0.25, 0.3) is 0 Å². The Kier molecular flexibility index (Phi) is 5.84. The third-order valence-electron chi connectivity index (χ3n) is 7.60. The quantitative estimate of drug-likeness (QED) is 0.737. The molecule has 1 unspecified atom stereocenters. The van der Waals surface area contributed by atoms with Gasteiger partial charge in [0.25, 0.3) is 0 Å². The smallest absolute Gasteiger partial charge is 0.230 e. The van der Waals surface area contributed by atoms with Gasteiger partial charge < -0.3 is 14.7 Å². The van der Waals surface area contributed by atoms with Gasteiger partial charge in [-0.25, -0.2) is 9.97 Å². The molecule has 0 radical (unpaired) electrons. The van der Waals surface area contributed by atoms with Crippen molar-refractivity contribution in [3.8, 4) is 0 Å². The van der Waals surface area contributed by atoms with Crippen molar-refractivity contribution in [3.05, 3.63) is 24.3 Å². The highest BCUT2D eigenvalue weighted by Crippen LogP contribution is 2.57. The molecule has 3 saturated heterocycles. The molecule has 1 aromatic heterocycles. The number of nitrogens with zero attached hydrogens (tertiary/aromatic N) is 5. The average molecular weight is 414 g/mol. The van der Waals surface area contributed by atoms with Crippen molar-refractivity contribution < 1.29 is 9.59 Å². The Morgan fingerprint density at radius 3 is 2.40 bits per heavy atom. The van der Waals surface area contributed by atoms with Gasteiger partial charge in [0.15, 0.2) is 0 Å². The van der Waals surface area contributed by atoms with E-state index in [4.69, 9.17) is 0 Å². The minimum absolute atomic E-state index is 0.00772. The second-order valence-electron chi connectivity index (χ2n) is 10.0. The van der Waals surface area contributed by atoms with Gasteiger partial charge >= 0.3 is 0 Å². The average Bonchev–Trinajstić information content (AvgIpc) is 3.19. The number of fused-ring (bicyclic) bond motifs is 1. The van der Waals surface area contributed by atoms with Crippen LogP contribution in [0, 0.1) is 16.7 Å². The van der Waals surface area contributed by atoms with Gasteiger partial charge in [0.1, 0.15) is 6.33 Å². The molecule has 7 nitrogen and oxygen atoms in total. The number of aromatic nitrogens is 2. The molecule has 1 atom stereocenters. The molecular weight excluding hydrogens is 378 g/mol. The molecule has 3 aliphatic rings. The lowest BCUT2D eigenvalue weighted by molar-refractivity contribution is -0.143. The Morgan fingerprint density at radius 2 is 1.80 bits per heavy atom. The summed E-state index contributed by atoms with van der Waals surface area (Å²) in [4.78, 5) is 40.6. The van der Waals surface area contributed by atoms with Crippen LogP contribution in [0.2, 0.25) is 0 Å². The van der Waals surface area contributed by atoms with Crippen LogP contribution in [0.4, 0.5) is 0 Å². The number of piperidine rings is 1. The number of carbonyl (C=O) groups excluding carboxylic acids is 2. The highest BCUT2D eigenvalue weighted by Gasteiger charge is 2.64. The van der Waals surface area contributed by atoms with Gasteiger partial charge in [0, 0.05) is 70.5 Å². The second-order valence-corrected chi connectivity index (χ2v) is 10.0. The van der Waals surface area contributed by atoms with Crippen molar-refractivity contribution >= 4 is 11.8 Å². The van der Waals surface area contributed by atoms with Crippen molar-refractivity contribution in [2.75, 3.05) is 46.3 Å². The first-order chi connectivity index (χ1) is 14.4. The summed E-state index contributed by atoms with van der Waals surface area (Å²) in [5.41, 5.74) is 0.749. The zero-order valence-corrected chi connectivity index (χ0v) is 18.6. The minimum atomic E-state index is -0.257. The predicted octanol–water partition coefficient (Wildman–Crippen LogP) is 1.84. The molecule has 4 heterocycles. The van der Waals surface area contributed by atoms with E-state index in [1.807, 2.05) is 16.8 Å². The molecule has 1 aromatic rings. The van der Waals surface area contributed by atoms with Gasteiger partial charge in [-0.2, -0.15) is 0 Å². The van der Waals surface area contributed by atoms with E-state index >= 15 is 0 Å². The molecule has 0 aliphatic carbocycles. The Labute approximate surface area is 179 Å². The highest BCUT2D eigenvalue weighted by molar-refractivity contribution is 5.86. The molecule has 164 valence electrons. The zero-order valence-electron chi connectivity index (χ0n) is 18.6. The molecule has 7 heteroatoms. The number of hydrogen-bond acceptors (Lipinski definition) is 5. The van der Waals surface area contributed by atoms with E-state index in [1.54, 1.807) is 12.4 Å². The van der Waals surface area contributed by atoms with Crippen molar-refractivity contribution in [3.63, 3.8) is 0 Å². The van der Waals surface area contributed by atoms with Gasteiger partial charge in [0.05, 0.1) is 5.41 Å². The summed E-state index contributed by atoms with van der Waals surface area (Å²) in [7, 11) is 1.95. The normalized spacial score (nSPS) is 26.5. The second kappa shape index (κ2) is 8.25. The largest absolute Gasteiger partial charge is 0.345 e. The number of rotatable bonds is 5. The fourth-order valence-corrected chi connectivity index (χ4v) is 6.09. The van der Waals surface area contributed by atoms with Crippen molar-refractivity contribution in [1.29, 1.82) is 0 Å². The zero-order chi connectivity index (χ0) is 21.4. The summed E-state index contributed by atoms with van der Waals surface area (Å²) in [6, 6.07) is 0. The van der Waals surface area contributed by atoms with Crippen LogP contribution in [0.3, 0.4) is 0 Å². The van der Waals surface area contributed by atoms with Gasteiger partial charge in [-0.1, -0.05) is 13.8 Å². The predicted molar refractivity (Wildman–Crippen MR) is 115 cm³/mol. The Morgan fingerprint density at radius 1 is 1.10 bits per heavy atom. The lowest BCUT2D eigenvalue weighted by atomic mass is 9.60. The summed E-state index contributed by atoms with van der Waals surface area (Å²) < 4.78 is 0. The SMILES string of the molecule is CC(C)CN1CC2(CCN(C(=O)CCc3cncnc3)CC2)C2(CCN(C)C2=O)C1. The van der Waals surface area contributed by atoms with Crippen LogP contribution < -0.4 is 0 Å².